The van der Waals surface area contributed by atoms with Gasteiger partial charge in [0.2, 0.25) is 0 Å². The van der Waals surface area contributed by atoms with Gasteiger partial charge in [0.25, 0.3) is 0 Å². The van der Waals surface area contributed by atoms with E-state index in [1.165, 1.54) is 0 Å². The third-order valence-corrected chi connectivity index (χ3v) is 6.93. The van der Waals surface area contributed by atoms with Gasteiger partial charge in [-0.1, -0.05) is 23.7 Å². The van der Waals surface area contributed by atoms with E-state index in [1.807, 2.05) is 50.6 Å². The molecule has 0 aliphatic carbocycles. The monoisotopic (exact) mass is 480 g/mol. The molecule has 6 nitrogen and oxygen atoms in total. The molecule has 8 heteroatoms. The first-order valence-corrected chi connectivity index (χ1v) is 12.1. The van der Waals surface area contributed by atoms with Crippen molar-refractivity contribution in [1.82, 2.24) is 19.7 Å². The number of hydrogen-bond acceptors (Lipinski definition) is 5. The molecule has 4 aromatic rings. The number of halogens is 1. The van der Waals surface area contributed by atoms with Crippen LogP contribution in [-0.2, 0) is 17.8 Å². The van der Waals surface area contributed by atoms with Gasteiger partial charge in [-0.2, -0.15) is 5.10 Å². The van der Waals surface area contributed by atoms with Crippen molar-refractivity contribution in [2.24, 2.45) is 0 Å². The van der Waals surface area contributed by atoms with Gasteiger partial charge in [-0.25, -0.2) is 4.79 Å². The first-order valence-electron chi connectivity index (χ1n) is 10.9. The van der Waals surface area contributed by atoms with Crippen LogP contribution in [0, 0.1) is 0 Å². The van der Waals surface area contributed by atoms with E-state index in [9.17, 15) is 4.79 Å². The number of nitrogens with zero attached hydrogens (tertiary/aromatic N) is 4. The van der Waals surface area contributed by atoms with Crippen molar-refractivity contribution in [2.45, 2.75) is 52.4 Å². The number of carbonyl (C=O) groups is 1. The largest absolute Gasteiger partial charge is 0.444 e. The fourth-order valence-corrected chi connectivity index (χ4v) is 5.40. The summed E-state index contributed by atoms with van der Waals surface area (Å²) in [6.45, 7) is 8.71. The zero-order valence-corrected chi connectivity index (χ0v) is 20.6. The number of carbonyl (C=O) groups excluding carboxylic acids is 1. The summed E-state index contributed by atoms with van der Waals surface area (Å²) in [6.07, 6.45) is 3.25. The van der Waals surface area contributed by atoms with Crippen molar-refractivity contribution in [3.8, 4) is 22.4 Å². The highest BCUT2D eigenvalue weighted by molar-refractivity contribution is 7.22. The Hall–Kier alpha value is -2.90. The van der Waals surface area contributed by atoms with Crippen molar-refractivity contribution in [2.75, 3.05) is 0 Å². The van der Waals surface area contributed by atoms with E-state index in [0.717, 1.165) is 42.5 Å². The molecule has 1 atom stereocenters. The van der Waals surface area contributed by atoms with Crippen LogP contribution in [0.5, 0.6) is 0 Å². The lowest BCUT2D eigenvalue weighted by molar-refractivity contribution is 0.00914. The number of amides is 1. The second-order valence-corrected chi connectivity index (χ2v) is 11.1. The molecule has 3 aromatic heterocycles. The van der Waals surface area contributed by atoms with Gasteiger partial charge >= 0.3 is 6.09 Å². The van der Waals surface area contributed by atoms with Gasteiger partial charge in [0.05, 0.1) is 29.2 Å². The minimum Gasteiger partial charge on any atom is -0.444 e. The number of rotatable bonds is 2. The van der Waals surface area contributed by atoms with Gasteiger partial charge in [-0.15, -0.1) is 11.3 Å². The molecule has 1 aromatic carbocycles. The fourth-order valence-electron chi connectivity index (χ4n) is 4.21. The van der Waals surface area contributed by atoms with Gasteiger partial charge in [-0.05, 0) is 62.9 Å². The van der Waals surface area contributed by atoms with Crippen LogP contribution >= 0.6 is 22.9 Å². The molecule has 1 amide bonds. The highest BCUT2D eigenvalue weighted by Gasteiger charge is 2.34. The van der Waals surface area contributed by atoms with E-state index < -0.39 is 5.60 Å². The van der Waals surface area contributed by atoms with Crippen molar-refractivity contribution in [3.63, 3.8) is 0 Å². The Bertz CT molecular complexity index is 1340. The van der Waals surface area contributed by atoms with Crippen LogP contribution in [0.4, 0.5) is 4.79 Å². The number of benzene rings is 1. The second kappa shape index (κ2) is 8.15. The van der Waals surface area contributed by atoms with E-state index in [0.29, 0.717) is 13.1 Å². The lowest BCUT2D eigenvalue weighted by Crippen LogP contribution is -2.47. The van der Waals surface area contributed by atoms with Crippen LogP contribution in [-0.4, -0.2) is 37.4 Å². The van der Waals surface area contributed by atoms with Gasteiger partial charge < -0.3 is 4.74 Å². The standard InChI is InChI=1S/C25H25ClN4O2S/c1-15-13-30-19(14-29(15)24(31)32-25(2,3)4)22(16-7-9-27-10-8-16)23(28-30)18-6-5-17-12-21(26)33-20(17)11-18/h5-12,15H,13-14H2,1-4H3. The Kier molecular flexibility index (Phi) is 5.41. The van der Waals surface area contributed by atoms with Crippen LogP contribution in [0.1, 0.15) is 33.4 Å². The number of hydrogen-bond donors (Lipinski definition) is 0. The van der Waals surface area contributed by atoms with Gasteiger partial charge in [-0.3, -0.25) is 14.6 Å². The quantitative estimate of drug-likeness (QED) is 0.323. The molecule has 170 valence electrons. The van der Waals surface area contributed by atoms with Crippen LogP contribution in [0.25, 0.3) is 32.5 Å². The highest BCUT2D eigenvalue weighted by Crippen LogP contribution is 2.39. The zero-order valence-electron chi connectivity index (χ0n) is 19.0. The number of ether oxygens (including phenoxy) is 1. The molecule has 1 aliphatic heterocycles. The fraction of sp³-hybridized carbons (Fsp3) is 0.320. The Morgan fingerprint density at radius 1 is 1.15 bits per heavy atom. The summed E-state index contributed by atoms with van der Waals surface area (Å²) in [6, 6.07) is 12.2. The molecule has 0 saturated heterocycles. The summed E-state index contributed by atoms with van der Waals surface area (Å²) < 4.78 is 9.60. The van der Waals surface area contributed by atoms with Crippen LogP contribution < -0.4 is 0 Å². The van der Waals surface area contributed by atoms with Crippen molar-refractivity contribution < 1.29 is 9.53 Å². The summed E-state index contributed by atoms with van der Waals surface area (Å²) >= 11 is 7.80. The van der Waals surface area contributed by atoms with E-state index in [-0.39, 0.29) is 12.1 Å². The summed E-state index contributed by atoms with van der Waals surface area (Å²) in [5.74, 6) is 0. The molecule has 5 rings (SSSR count). The van der Waals surface area contributed by atoms with Gasteiger partial charge in [0, 0.05) is 28.2 Å². The number of thiophene rings is 1. The molecule has 33 heavy (non-hydrogen) atoms. The molecule has 0 bridgehead atoms. The molecule has 0 radical (unpaired) electrons. The molecule has 1 aliphatic rings. The summed E-state index contributed by atoms with van der Waals surface area (Å²) in [5.41, 5.74) is 4.38. The summed E-state index contributed by atoms with van der Waals surface area (Å²) in [4.78, 5) is 18.9. The van der Waals surface area contributed by atoms with Crippen LogP contribution in [0.15, 0.2) is 48.8 Å². The van der Waals surface area contributed by atoms with Crippen molar-refractivity contribution in [1.29, 1.82) is 0 Å². The minimum atomic E-state index is -0.551. The maximum Gasteiger partial charge on any atom is 0.410 e. The van der Waals surface area contributed by atoms with Crippen molar-refractivity contribution in [3.05, 3.63) is 58.8 Å². The van der Waals surface area contributed by atoms with E-state index in [2.05, 4.69) is 23.2 Å². The van der Waals surface area contributed by atoms with Crippen molar-refractivity contribution >= 4 is 39.1 Å². The first kappa shape index (κ1) is 21.9. The van der Waals surface area contributed by atoms with Gasteiger partial charge in [0.1, 0.15) is 11.3 Å². The predicted octanol–water partition coefficient (Wildman–Crippen LogP) is 6.62. The molecule has 0 fully saturated rings. The highest BCUT2D eigenvalue weighted by atomic mass is 35.5. The number of fused-ring (bicyclic) bond motifs is 2. The van der Waals surface area contributed by atoms with E-state index in [4.69, 9.17) is 21.4 Å². The van der Waals surface area contributed by atoms with Crippen LogP contribution in [0.2, 0.25) is 4.34 Å². The SMILES string of the molecule is CC1Cn2nc(-c3ccc4cc(Cl)sc4c3)c(-c3ccncc3)c2CN1C(=O)OC(C)(C)C. The zero-order chi connectivity index (χ0) is 23.3. The predicted molar refractivity (Wildman–Crippen MR) is 133 cm³/mol. The Labute approximate surface area is 201 Å². The van der Waals surface area contributed by atoms with E-state index in [1.54, 1.807) is 28.6 Å². The molecule has 1 unspecified atom stereocenters. The molecular weight excluding hydrogens is 456 g/mol. The Balaban J connectivity index is 1.63. The molecule has 0 saturated carbocycles. The smallest absolute Gasteiger partial charge is 0.410 e. The normalized spacial score (nSPS) is 16.2. The summed E-state index contributed by atoms with van der Waals surface area (Å²) in [5, 5.41) is 6.14. The molecular formula is C25H25ClN4O2S. The van der Waals surface area contributed by atoms with E-state index >= 15 is 0 Å². The molecule has 4 heterocycles. The average molecular weight is 481 g/mol. The maximum absolute atomic E-state index is 13.0. The summed E-state index contributed by atoms with van der Waals surface area (Å²) in [7, 11) is 0. The lowest BCUT2D eigenvalue weighted by atomic mass is 9.98. The lowest BCUT2D eigenvalue weighted by Gasteiger charge is -2.35. The minimum absolute atomic E-state index is 0.0380. The first-order chi connectivity index (χ1) is 15.7. The molecule has 0 spiro atoms. The average Bonchev–Trinajstić information content (AvgIpc) is 3.30. The van der Waals surface area contributed by atoms with Gasteiger partial charge in [0.15, 0.2) is 0 Å². The maximum atomic E-state index is 13.0. The number of pyridine rings is 1. The topological polar surface area (TPSA) is 60.2 Å². The third-order valence-electron chi connectivity index (χ3n) is 5.71. The second-order valence-electron chi connectivity index (χ2n) is 9.35. The third kappa shape index (κ3) is 4.23. The Morgan fingerprint density at radius 3 is 2.64 bits per heavy atom. The number of aromatic nitrogens is 3. The van der Waals surface area contributed by atoms with Crippen LogP contribution in [0.3, 0.4) is 0 Å². The Morgan fingerprint density at radius 2 is 1.91 bits per heavy atom. The molecule has 0 N–H and O–H groups in total.